The van der Waals surface area contributed by atoms with E-state index in [0.29, 0.717) is 25.4 Å². The summed E-state index contributed by atoms with van der Waals surface area (Å²) in [5.74, 6) is 0.583. The van der Waals surface area contributed by atoms with Crippen LogP contribution < -0.4 is 0 Å². The molecule has 0 bridgehead atoms. The summed E-state index contributed by atoms with van der Waals surface area (Å²) in [7, 11) is 0. The van der Waals surface area contributed by atoms with Crippen LogP contribution in [-0.4, -0.2) is 24.7 Å². The highest BCUT2D eigenvalue weighted by atomic mass is 32.2. The molecule has 0 radical (unpaired) electrons. The zero-order valence-corrected chi connectivity index (χ0v) is 21.5. The number of hydrogen-bond donors (Lipinski definition) is 0. The molecule has 0 spiro atoms. The number of benzene rings is 1. The van der Waals surface area contributed by atoms with Gasteiger partial charge in [0, 0.05) is 10.5 Å². The first-order chi connectivity index (χ1) is 16.5. The summed E-state index contributed by atoms with van der Waals surface area (Å²) in [6, 6.07) is 8.48. The Balaban J connectivity index is 1.69. The maximum atomic E-state index is 13.2. The number of nitrogens with zero attached hydrogens (tertiary/aromatic N) is 1. The van der Waals surface area contributed by atoms with Gasteiger partial charge >= 0.3 is 0 Å². The van der Waals surface area contributed by atoms with Crippen LogP contribution in [0.15, 0.2) is 92.6 Å². The van der Waals surface area contributed by atoms with Gasteiger partial charge in [-0.05, 0) is 73.8 Å². The fourth-order valence-electron chi connectivity index (χ4n) is 3.84. The molecule has 34 heavy (non-hydrogen) atoms. The molecule has 0 N–H and O–H groups in total. The Morgan fingerprint density at radius 3 is 2.68 bits per heavy atom. The van der Waals surface area contributed by atoms with E-state index in [1.807, 2.05) is 31.2 Å². The minimum absolute atomic E-state index is 0.00413. The molecule has 1 aliphatic carbocycles. The lowest BCUT2D eigenvalue weighted by atomic mass is 9.89. The second-order valence-electron chi connectivity index (χ2n) is 8.49. The van der Waals surface area contributed by atoms with Crippen molar-refractivity contribution in [3.8, 4) is 0 Å². The molecule has 1 aromatic carbocycles. The summed E-state index contributed by atoms with van der Waals surface area (Å²) >= 11 is 1.75. The van der Waals surface area contributed by atoms with Crippen LogP contribution in [0.5, 0.6) is 0 Å². The van der Waals surface area contributed by atoms with E-state index in [1.165, 1.54) is 15.4 Å². The number of carbonyl (C=O) groups is 1. The van der Waals surface area contributed by atoms with Crippen LogP contribution in [0, 0.1) is 5.92 Å². The van der Waals surface area contributed by atoms with Gasteiger partial charge in [0.1, 0.15) is 13.2 Å². The van der Waals surface area contributed by atoms with Crippen molar-refractivity contribution in [3.05, 3.63) is 88.1 Å². The monoisotopic (exact) mass is 477 g/mol. The summed E-state index contributed by atoms with van der Waals surface area (Å²) in [6.45, 7) is 9.23. The molecule has 0 amide bonds. The van der Waals surface area contributed by atoms with E-state index in [0.717, 1.165) is 36.1 Å². The van der Waals surface area contributed by atoms with Crippen LogP contribution in [0.1, 0.15) is 58.9 Å². The lowest BCUT2D eigenvalue weighted by molar-refractivity contribution is -0.115. The minimum atomic E-state index is -0.00413. The number of oxime groups is 1. The van der Waals surface area contributed by atoms with Gasteiger partial charge in [-0.15, -0.1) is 0 Å². The first-order valence-electron chi connectivity index (χ1n) is 12.1. The molecule has 0 unspecified atom stereocenters. The largest absolute Gasteiger partial charge is 0.486 e. The Hall–Kier alpha value is -2.79. The average molecular weight is 478 g/mol. The van der Waals surface area contributed by atoms with E-state index < -0.39 is 0 Å². The fourth-order valence-corrected chi connectivity index (χ4v) is 4.89. The van der Waals surface area contributed by atoms with Gasteiger partial charge in [0.2, 0.25) is 5.78 Å². The van der Waals surface area contributed by atoms with E-state index >= 15 is 0 Å². The van der Waals surface area contributed by atoms with Gasteiger partial charge in [-0.25, -0.2) is 0 Å². The Labute approximate surface area is 208 Å². The summed E-state index contributed by atoms with van der Waals surface area (Å²) in [5, 5.41) is 4.28. The van der Waals surface area contributed by atoms with Crippen LogP contribution in [-0.2, 0) is 14.4 Å². The molecule has 4 nitrogen and oxygen atoms in total. The summed E-state index contributed by atoms with van der Waals surface area (Å²) in [6.07, 6.45) is 15.5. The Kier molecular flexibility index (Phi) is 10.0. The van der Waals surface area contributed by atoms with Crippen molar-refractivity contribution in [2.75, 3.05) is 13.2 Å². The first-order valence-corrected chi connectivity index (χ1v) is 12.9. The van der Waals surface area contributed by atoms with Crippen LogP contribution in [0.4, 0.5) is 0 Å². The van der Waals surface area contributed by atoms with E-state index in [1.54, 1.807) is 11.8 Å². The van der Waals surface area contributed by atoms with Gasteiger partial charge in [-0.2, -0.15) is 0 Å². The van der Waals surface area contributed by atoms with Crippen molar-refractivity contribution >= 4 is 23.3 Å². The first kappa shape index (κ1) is 25.8. The van der Waals surface area contributed by atoms with Crippen molar-refractivity contribution in [2.45, 2.75) is 58.3 Å². The molecule has 1 atom stereocenters. The number of thioether (sulfide) groups is 1. The SMILES string of the molecule is CCC/C(=N\OCC)c1ccc(SC2=CC=C(C(=O)/C3=C/C/C=C(C)\C=C/CO3)[C@H](C)C2)cc1. The molecule has 3 rings (SSSR count). The highest BCUT2D eigenvalue weighted by molar-refractivity contribution is 8.03. The second-order valence-corrected chi connectivity index (χ2v) is 9.69. The quantitative estimate of drug-likeness (QED) is 0.272. The highest BCUT2D eigenvalue weighted by Gasteiger charge is 2.25. The van der Waals surface area contributed by atoms with E-state index in [-0.39, 0.29) is 11.7 Å². The van der Waals surface area contributed by atoms with Crippen molar-refractivity contribution in [1.29, 1.82) is 0 Å². The molecule has 0 aromatic heterocycles. The van der Waals surface area contributed by atoms with Gasteiger partial charge in [0.15, 0.2) is 5.76 Å². The van der Waals surface area contributed by atoms with Crippen molar-refractivity contribution in [2.24, 2.45) is 11.1 Å². The Bertz CT molecular complexity index is 1040. The molecule has 1 heterocycles. The fraction of sp³-hybridized carbons (Fsp3) is 0.379. The Morgan fingerprint density at radius 1 is 1.18 bits per heavy atom. The highest BCUT2D eigenvalue weighted by Crippen LogP contribution is 2.37. The molecule has 180 valence electrons. The van der Waals surface area contributed by atoms with Gasteiger partial charge in [0.25, 0.3) is 0 Å². The number of Topliss-reactive ketones (excluding diaryl/α,β-unsaturated/α-hetero) is 1. The summed E-state index contributed by atoms with van der Waals surface area (Å²) < 4.78 is 5.78. The van der Waals surface area contributed by atoms with Gasteiger partial charge in [0.05, 0.1) is 5.71 Å². The molecule has 5 heteroatoms. The number of ketones is 1. The number of rotatable bonds is 9. The summed E-state index contributed by atoms with van der Waals surface area (Å²) in [5.41, 5.74) is 4.08. The van der Waals surface area contributed by atoms with Gasteiger partial charge in [-0.1, -0.05) is 79.2 Å². The molecule has 0 saturated carbocycles. The van der Waals surface area contributed by atoms with Crippen molar-refractivity contribution in [3.63, 3.8) is 0 Å². The zero-order valence-electron chi connectivity index (χ0n) is 20.7. The maximum Gasteiger partial charge on any atom is 0.223 e. The lowest BCUT2D eigenvalue weighted by Crippen LogP contribution is -2.17. The van der Waals surface area contributed by atoms with E-state index in [9.17, 15) is 4.79 Å². The minimum Gasteiger partial charge on any atom is -0.486 e. The van der Waals surface area contributed by atoms with Crippen LogP contribution >= 0.6 is 11.8 Å². The number of ether oxygens (including phenoxy) is 1. The maximum absolute atomic E-state index is 13.2. The third kappa shape index (κ3) is 7.36. The molecule has 0 saturated heterocycles. The van der Waals surface area contributed by atoms with E-state index in [4.69, 9.17) is 9.57 Å². The predicted molar refractivity (Wildman–Crippen MR) is 142 cm³/mol. The van der Waals surface area contributed by atoms with Crippen molar-refractivity contribution < 1.29 is 14.4 Å². The van der Waals surface area contributed by atoms with E-state index in [2.05, 4.69) is 62.3 Å². The average Bonchev–Trinajstić information content (AvgIpc) is 2.94. The molecular weight excluding hydrogens is 442 g/mol. The lowest BCUT2D eigenvalue weighted by Gasteiger charge is -2.21. The van der Waals surface area contributed by atoms with Crippen molar-refractivity contribution in [1.82, 2.24) is 0 Å². The van der Waals surface area contributed by atoms with Crippen LogP contribution in [0.25, 0.3) is 0 Å². The third-order valence-corrected chi connectivity index (χ3v) is 6.73. The molecule has 1 aromatic rings. The smallest absolute Gasteiger partial charge is 0.223 e. The topological polar surface area (TPSA) is 47.9 Å². The standard InChI is InChI=1S/C29H35NO3S/c1-5-9-27(30-33-6-2)23-13-15-24(16-14-23)34-25-17-18-26(22(4)20-25)29(31)28-12-7-10-21(3)11-8-19-32-28/h8,10-18,22H,5-7,9,19-20H2,1-4H3/b11-8-,21-10-,28-12-,30-27+/t22-/m1/s1. The number of hydrogen-bond acceptors (Lipinski definition) is 5. The van der Waals surface area contributed by atoms with Crippen LogP contribution in [0.3, 0.4) is 0 Å². The Morgan fingerprint density at radius 2 is 1.97 bits per heavy atom. The normalized spacial score (nSPS) is 22.9. The van der Waals surface area contributed by atoms with Gasteiger partial charge < -0.3 is 9.57 Å². The third-order valence-electron chi connectivity index (χ3n) is 5.66. The molecule has 0 fully saturated rings. The van der Waals surface area contributed by atoms with Gasteiger partial charge in [-0.3, -0.25) is 4.79 Å². The second kappa shape index (κ2) is 13.2. The number of carbonyl (C=O) groups excluding carboxylic acids is 1. The predicted octanol–water partition coefficient (Wildman–Crippen LogP) is 7.55. The number of allylic oxidation sites excluding steroid dienone is 8. The molecular formula is C29H35NO3S. The zero-order chi connectivity index (χ0) is 24.3. The summed E-state index contributed by atoms with van der Waals surface area (Å²) in [4.78, 5) is 20.9. The van der Waals surface area contributed by atoms with Crippen LogP contribution in [0.2, 0.25) is 0 Å². The molecule has 1 aliphatic heterocycles. The molecule has 2 aliphatic rings.